The molecule has 5 rings (SSSR count). The van der Waals surface area contributed by atoms with E-state index in [9.17, 15) is 14.4 Å². The van der Waals surface area contributed by atoms with E-state index in [-0.39, 0.29) is 11.8 Å². The van der Waals surface area contributed by atoms with Crippen molar-refractivity contribution in [3.05, 3.63) is 46.2 Å². The first-order valence-corrected chi connectivity index (χ1v) is 10.7. The summed E-state index contributed by atoms with van der Waals surface area (Å²) in [6.07, 6.45) is 3.73. The Labute approximate surface area is 178 Å². The molecule has 31 heavy (non-hydrogen) atoms. The molecule has 2 aliphatic rings. The van der Waals surface area contributed by atoms with E-state index < -0.39 is 11.5 Å². The first kappa shape index (κ1) is 20.0. The number of nitrogens with one attached hydrogen (secondary N) is 2. The number of rotatable bonds is 4. The number of pyridine rings is 1. The lowest BCUT2D eigenvalue weighted by Gasteiger charge is -2.50. The Morgan fingerprint density at radius 2 is 2.23 bits per heavy atom. The summed E-state index contributed by atoms with van der Waals surface area (Å²) in [6.45, 7) is 3.91. The molecule has 2 aromatic heterocycles. The van der Waals surface area contributed by atoms with E-state index in [0.29, 0.717) is 30.0 Å². The first-order chi connectivity index (χ1) is 15.0. The number of hydrogen-bond acceptors (Lipinski definition) is 7. The molecule has 0 bridgehead atoms. The van der Waals surface area contributed by atoms with Gasteiger partial charge in [0.25, 0.3) is 0 Å². The molecule has 1 saturated carbocycles. The second kappa shape index (κ2) is 7.65. The molecule has 8 nitrogen and oxygen atoms in total. The molecule has 3 N–H and O–H groups in total. The Kier molecular flexibility index (Phi) is 4.94. The number of hydrogen-bond donors (Lipinski definition) is 3. The molecule has 3 aromatic rings. The van der Waals surface area contributed by atoms with Crippen LogP contribution in [0.1, 0.15) is 36.9 Å². The number of phenols is 1. The molecule has 1 aliphatic carbocycles. The number of aryl methyl sites for hydroxylation is 1. The van der Waals surface area contributed by atoms with Crippen molar-refractivity contribution in [1.29, 1.82) is 0 Å². The second-order valence-electron chi connectivity index (χ2n) is 8.52. The zero-order valence-electron chi connectivity index (χ0n) is 17.4. The normalized spacial score (nSPS) is 24.3. The summed E-state index contributed by atoms with van der Waals surface area (Å²) in [5.41, 5.74) is 2.26. The van der Waals surface area contributed by atoms with Crippen LogP contribution < -0.4 is 5.32 Å². The number of phenolic OH excluding ortho intramolecular Hbond substituents is 1. The van der Waals surface area contributed by atoms with Crippen LogP contribution in [0.15, 0.2) is 29.4 Å². The van der Waals surface area contributed by atoms with Gasteiger partial charge in [0.1, 0.15) is 11.6 Å². The molecule has 9 heteroatoms. The number of halogens is 1. The largest absolute Gasteiger partial charge is 0.508 e. The molecule has 0 radical (unpaired) electrons. The van der Waals surface area contributed by atoms with Gasteiger partial charge in [0.2, 0.25) is 0 Å². The molecule has 1 aliphatic heterocycles. The molecule has 2 unspecified atom stereocenters. The molecule has 1 saturated heterocycles. The van der Waals surface area contributed by atoms with E-state index in [4.69, 9.17) is 0 Å². The number of aromatic hydroxyl groups is 1. The van der Waals surface area contributed by atoms with E-state index in [1.807, 2.05) is 13.0 Å². The van der Waals surface area contributed by atoms with Crippen molar-refractivity contribution >= 4 is 11.0 Å². The SMILES string of the molecule is Cc1[nH]nc2nc(-c3ccc(O)cc3F)cc(CN3CCNC4CCCCC43N=O)c12. The van der Waals surface area contributed by atoms with Gasteiger partial charge in [-0.25, -0.2) is 9.37 Å². The van der Waals surface area contributed by atoms with Crippen LogP contribution in [-0.4, -0.2) is 50.0 Å². The predicted octanol–water partition coefficient (Wildman–Crippen LogP) is 3.59. The summed E-state index contributed by atoms with van der Waals surface area (Å²) in [7, 11) is 0. The zero-order valence-corrected chi connectivity index (χ0v) is 17.4. The molecular weight excluding hydrogens is 399 g/mol. The number of fused-ring (bicyclic) bond motifs is 2. The van der Waals surface area contributed by atoms with Gasteiger partial charge in [0.15, 0.2) is 11.3 Å². The van der Waals surface area contributed by atoms with Gasteiger partial charge in [-0.05, 0) is 55.1 Å². The number of aromatic amines is 1. The fourth-order valence-electron chi connectivity index (χ4n) is 5.18. The van der Waals surface area contributed by atoms with Crippen molar-refractivity contribution < 1.29 is 9.50 Å². The highest BCUT2D eigenvalue weighted by atomic mass is 19.1. The van der Waals surface area contributed by atoms with Crippen molar-refractivity contribution in [2.45, 2.75) is 50.9 Å². The summed E-state index contributed by atoms with van der Waals surface area (Å²) >= 11 is 0. The van der Waals surface area contributed by atoms with Gasteiger partial charge in [0, 0.05) is 48.4 Å². The summed E-state index contributed by atoms with van der Waals surface area (Å²) in [5, 5.41) is 24.9. The van der Waals surface area contributed by atoms with Crippen molar-refractivity contribution in [3.8, 4) is 17.0 Å². The summed E-state index contributed by atoms with van der Waals surface area (Å²) in [6, 6.07) is 5.93. The second-order valence-corrected chi connectivity index (χ2v) is 8.52. The summed E-state index contributed by atoms with van der Waals surface area (Å²) in [5.74, 6) is -0.688. The number of H-pyrrole nitrogens is 1. The Bertz CT molecular complexity index is 1150. The van der Waals surface area contributed by atoms with Gasteiger partial charge in [-0.2, -0.15) is 5.10 Å². The maximum Gasteiger partial charge on any atom is 0.182 e. The summed E-state index contributed by atoms with van der Waals surface area (Å²) < 4.78 is 14.6. The highest BCUT2D eigenvalue weighted by molar-refractivity contribution is 5.84. The van der Waals surface area contributed by atoms with E-state index >= 15 is 0 Å². The van der Waals surface area contributed by atoms with Crippen molar-refractivity contribution in [2.24, 2.45) is 5.18 Å². The zero-order chi connectivity index (χ0) is 21.6. The van der Waals surface area contributed by atoms with Gasteiger partial charge in [-0.3, -0.25) is 10.00 Å². The number of nitroso groups, excluding NO2 is 1. The van der Waals surface area contributed by atoms with Gasteiger partial charge in [-0.1, -0.05) is 6.42 Å². The Balaban J connectivity index is 1.60. The highest BCUT2D eigenvalue weighted by Gasteiger charge is 2.49. The number of benzene rings is 1. The lowest BCUT2D eigenvalue weighted by Crippen LogP contribution is -2.66. The van der Waals surface area contributed by atoms with Gasteiger partial charge in [0.05, 0.1) is 5.69 Å². The van der Waals surface area contributed by atoms with Gasteiger partial charge in [-0.15, -0.1) is 4.91 Å². The van der Waals surface area contributed by atoms with Crippen molar-refractivity contribution in [3.63, 3.8) is 0 Å². The van der Waals surface area contributed by atoms with Crippen molar-refractivity contribution in [1.82, 2.24) is 25.4 Å². The van der Waals surface area contributed by atoms with Crippen LogP contribution in [0.3, 0.4) is 0 Å². The average molecular weight is 424 g/mol. The smallest absolute Gasteiger partial charge is 0.182 e. The van der Waals surface area contributed by atoms with E-state index in [1.54, 1.807) is 0 Å². The Hall–Kier alpha value is -2.91. The molecular formula is C22H25FN6O2. The topological polar surface area (TPSA) is 106 Å². The van der Waals surface area contributed by atoms with Crippen LogP contribution >= 0.6 is 0 Å². The Morgan fingerprint density at radius 3 is 3.03 bits per heavy atom. The third-order valence-corrected chi connectivity index (χ3v) is 6.70. The molecule has 0 amide bonds. The number of aromatic nitrogens is 3. The van der Waals surface area contributed by atoms with Crippen LogP contribution in [0.4, 0.5) is 4.39 Å². The lowest BCUT2D eigenvalue weighted by atomic mass is 9.81. The fourth-order valence-corrected chi connectivity index (χ4v) is 5.18. The maximum atomic E-state index is 14.6. The number of piperazine rings is 1. The third-order valence-electron chi connectivity index (χ3n) is 6.70. The minimum atomic E-state index is -0.770. The van der Waals surface area contributed by atoms with E-state index in [0.717, 1.165) is 54.9 Å². The molecule has 2 fully saturated rings. The third kappa shape index (κ3) is 3.28. The van der Waals surface area contributed by atoms with E-state index in [1.165, 1.54) is 12.1 Å². The predicted molar refractivity (Wildman–Crippen MR) is 115 cm³/mol. The monoisotopic (exact) mass is 424 g/mol. The first-order valence-electron chi connectivity index (χ1n) is 10.7. The summed E-state index contributed by atoms with van der Waals surface area (Å²) in [4.78, 5) is 18.8. The van der Waals surface area contributed by atoms with Crippen LogP contribution in [-0.2, 0) is 6.54 Å². The van der Waals surface area contributed by atoms with E-state index in [2.05, 4.69) is 30.6 Å². The minimum absolute atomic E-state index is 0.0456. The number of nitrogens with zero attached hydrogens (tertiary/aromatic N) is 4. The molecule has 1 aromatic carbocycles. The van der Waals surface area contributed by atoms with Crippen LogP contribution in [0, 0.1) is 17.6 Å². The average Bonchev–Trinajstić information content (AvgIpc) is 3.15. The fraction of sp³-hybridized carbons (Fsp3) is 0.455. The quantitative estimate of drug-likeness (QED) is 0.553. The van der Waals surface area contributed by atoms with Crippen LogP contribution in [0.25, 0.3) is 22.3 Å². The van der Waals surface area contributed by atoms with Crippen molar-refractivity contribution in [2.75, 3.05) is 13.1 Å². The molecule has 162 valence electrons. The maximum absolute atomic E-state index is 14.6. The standard InChI is InChI=1S/C22H25FN6O2/c1-13-20-14(12-29-9-8-24-19-4-2-3-7-22(19,29)28-31)10-18(25-21(20)27-26-13)16-6-5-15(30)11-17(16)23/h5-6,10-11,19,24,30H,2-4,7-9,12H2,1H3,(H,25,26,27). The molecule has 2 atom stereocenters. The van der Waals surface area contributed by atoms with Gasteiger partial charge < -0.3 is 10.4 Å². The highest BCUT2D eigenvalue weighted by Crippen LogP contribution is 2.39. The molecule has 3 heterocycles. The minimum Gasteiger partial charge on any atom is -0.508 e. The van der Waals surface area contributed by atoms with Crippen LogP contribution in [0.5, 0.6) is 5.75 Å². The van der Waals surface area contributed by atoms with Crippen LogP contribution in [0.2, 0.25) is 0 Å². The lowest BCUT2D eigenvalue weighted by molar-refractivity contribution is -0.00858. The molecule has 0 spiro atoms. The Morgan fingerprint density at radius 1 is 1.35 bits per heavy atom. The van der Waals surface area contributed by atoms with Gasteiger partial charge >= 0.3 is 0 Å².